The minimum atomic E-state index is -0.179. The summed E-state index contributed by atoms with van der Waals surface area (Å²) in [6.07, 6.45) is 1.85. The molecule has 0 saturated carbocycles. The first-order chi connectivity index (χ1) is 19.0. The highest BCUT2D eigenvalue weighted by atomic mass is 32.2. The fraction of sp³-hybridized carbons (Fsp3) is 0.290. The summed E-state index contributed by atoms with van der Waals surface area (Å²) in [5.74, 6) is 2.54. The van der Waals surface area contributed by atoms with Gasteiger partial charge in [-0.25, -0.2) is 9.78 Å². The molecule has 0 aliphatic heterocycles. The number of aromatic nitrogens is 2. The van der Waals surface area contributed by atoms with Crippen molar-refractivity contribution in [1.29, 1.82) is 0 Å². The number of nitrogens with one attached hydrogen (secondary N) is 2. The van der Waals surface area contributed by atoms with Crippen LogP contribution in [0.5, 0.6) is 11.5 Å². The van der Waals surface area contributed by atoms with Crippen molar-refractivity contribution in [3.63, 3.8) is 0 Å². The van der Waals surface area contributed by atoms with E-state index in [9.17, 15) is 4.79 Å². The molecule has 0 spiro atoms. The van der Waals surface area contributed by atoms with Crippen LogP contribution in [0.15, 0.2) is 78.0 Å². The van der Waals surface area contributed by atoms with Gasteiger partial charge in [0.15, 0.2) is 5.16 Å². The molecule has 0 saturated heterocycles. The van der Waals surface area contributed by atoms with Crippen LogP contribution in [-0.2, 0) is 6.54 Å². The van der Waals surface area contributed by atoms with E-state index in [-0.39, 0.29) is 6.03 Å². The number of carbonyl (C=O) groups is 1. The molecule has 4 rings (SSSR count). The average molecular weight is 545 g/mol. The van der Waals surface area contributed by atoms with Crippen LogP contribution in [0.3, 0.4) is 0 Å². The zero-order valence-corrected chi connectivity index (χ0v) is 23.8. The highest BCUT2D eigenvalue weighted by Crippen LogP contribution is 2.37. The van der Waals surface area contributed by atoms with Crippen molar-refractivity contribution >= 4 is 23.5 Å². The Bertz CT molecular complexity index is 1350. The van der Waals surface area contributed by atoms with Crippen molar-refractivity contribution in [2.75, 3.05) is 31.8 Å². The number of aryl methyl sites for hydroxylation is 1. The molecule has 3 aromatic carbocycles. The van der Waals surface area contributed by atoms with E-state index in [1.807, 2.05) is 55.5 Å². The molecule has 0 aliphatic rings. The van der Waals surface area contributed by atoms with Gasteiger partial charge in [-0.15, -0.1) is 0 Å². The zero-order chi connectivity index (χ0) is 27.6. The highest BCUT2D eigenvalue weighted by molar-refractivity contribution is 7.99. The van der Waals surface area contributed by atoms with Gasteiger partial charge in [0.25, 0.3) is 0 Å². The van der Waals surface area contributed by atoms with Crippen molar-refractivity contribution in [3.05, 3.63) is 78.4 Å². The first-order valence-corrected chi connectivity index (χ1v) is 14.1. The SMILES string of the molecule is CCn1c(SCCCCNC(=O)Nc2ccc(C)cc2)nc(-c2ccc(OC)cc2)c1-c1ccc(OC)cc1. The Hall–Kier alpha value is -3.91. The lowest BCUT2D eigenvalue weighted by Crippen LogP contribution is -2.29. The Balaban J connectivity index is 1.41. The third-order valence-corrected chi connectivity index (χ3v) is 7.44. The van der Waals surface area contributed by atoms with Crippen molar-refractivity contribution in [2.24, 2.45) is 0 Å². The maximum Gasteiger partial charge on any atom is 0.319 e. The van der Waals surface area contributed by atoms with E-state index in [1.54, 1.807) is 26.0 Å². The number of hydrogen-bond donors (Lipinski definition) is 2. The van der Waals surface area contributed by atoms with E-state index in [0.717, 1.165) is 75.6 Å². The number of anilines is 1. The third-order valence-electron chi connectivity index (χ3n) is 6.37. The van der Waals surface area contributed by atoms with Gasteiger partial charge < -0.3 is 24.7 Å². The first-order valence-electron chi connectivity index (χ1n) is 13.2. The van der Waals surface area contributed by atoms with Gasteiger partial charge in [0.1, 0.15) is 11.5 Å². The number of imidazole rings is 1. The lowest BCUT2D eigenvalue weighted by atomic mass is 10.0. The van der Waals surface area contributed by atoms with E-state index < -0.39 is 0 Å². The minimum Gasteiger partial charge on any atom is -0.497 e. The summed E-state index contributed by atoms with van der Waals surface area (Å²) < 4.78 is 13.0. The number of rotatable bonds is 12. The normalized spacial score (nSPS) is 10.8. The molecule has 7 nitrogen and oxygen atoms in total. The van der Waals surface area contributed by atoms with E-state index in [0.29, 0.717) is 6.54 Å². The van der Waals surface area contributed by atoms with E-state index >= 15 is 0 Å². The fourth-order valence-corrected chi connectivity index (χ4v) is 5.30. The Morgan fingerprint density at radius 2 is 1.49 bits per heavy atom. The monoisotopic (exact) mass is 544 g/mol. The van der Waals surface area contributed by atoms with Gasteiger partial charge in [0.2, 0.25) is 0 Å². The summed E-state index contributed by atoms with van der Waals surface area (Å²) in [7, 11) is 3.35. The quantitative estimate of drug-likeness (QED) is 0.145. The standard InChI is InChI=1S/C31H36N4O3S/c1-5-35-29(24-12-18-27(38-4)19-13-24)28(23-10-16-26(37-3)17-11-23)34-31(35)39-21-7-6-20-32-30(36)33-25-14-8-22(2)9-15-25/h8-19H,5-7,20-21H2,1-4H3,(H2,32,33,36). The number of hydrogen-bond acceptors (Lipinski definition) is 5. The molecule has 2 N–H and O–H groups in total. The largest absolute Gasteiger partial charge is 0.497 e. The number of methoxy groups -OCH3 is 2. The van der Waals surface area contributed by atoms with Crippen molar-refractivity contribution in [3.8, 4) is 34.0 Å². The van der Waals surface area contributed by atoms with Crippen LogP contribution < -0.4 is 20.1 Å². The van der Waals surface area contributed by atoms with Crippen molar-refractivity contribution in [1.82, 2.24) is 14.9 Å². The summed E-state index contributed by atoms with van der Waals surface area (Å²) in [6, 6.07) is 23.7. The predicted octanol–water partition coefficient (Wildman–Crippen LogP) is 7.26. The van der Waals surface area contributed by atoms with Gasteiger partial charge in [-0.1, -0.05) is 29.5 Å². The molecular weight excluding hydrogens is 508 g/mol. The number of carbonyl (C=O) groups excluding carboxylic acids is 1. The molecule has 0 aliphatic carbocycles. The van der Waals surface area contributed by atoms with E-state index in [1.165, 1.54) is 0 Å². The number of amides is 2. The van der Waals surface area contributed by atoms with Gasteiger partial charge in [-0.05, 0) is 87.4 Å². The maximum absolute atomic E-state index is 12.2. The molecule has 204 valence electrons. The number of benzene rings is 3. The summed E-state index contributed by atoms with van der Waals surface area (Å²) >= 11 is 1.75. The second kappa shape index (κ2) is 13.8. The molecule has 0 unspecified atom stereocenters. The van der Waals surface area contributed by atoms with Crippen molar-refractivity contribution in [2.45, 2.75) is 38.4 Å². The van der Waals surface area contributed by atoms with Crippen LogP contribution in [0, 0.1) is 6.92 Å². The predicted molar refractivity (Wildman–Crippen MR) is 160 cm³/mol. The van der Waals surface area contributed by atoms with Gasteiger partial charge in [-0.2, -0.15) is 0 Å². The van der Waals surface area contributed by atoms with Crippen molar-refractivity contribution < 1.29 is 14.3 Å². The molecule has 4 aromatic rings. The molecule has 0 radical (unpaired) electrons. The van der Waals surface area contributed by atoms with E-state index in [4.69, 9.17) is 14.5 Å². The van der Waals surface area contributed by atoms with Crippen LogP contribution in [-0.4, -0.2) is 42.1 Å². The molecular formula is C31H36N4O3S. The molecule has 0 bridgehead atoms. The lowest BCUT2D eigenvalue weighted by Gasteiger charge is -2.12. The molecule has 0 atom stereocenters. The third kappa shape index (κ3) is 7.35. The zero-order valence-electron chi connectivity index (χ0n) is 23.0. The summed E-state index contributed by atoms with van der Waals surface area (Å²) in [5, 5.41) is 6.80. The Labute approximate surface area is 235 Å². The number of ether oxygens (including phenoxy) is 2. The number of urea groups is 1. The number of unbranched alkanes of at least 4 members (excludes halogenated alkanes) is 1. The maximum atomic E-state index is 12.2. The van der Waals surface area contributed by atoms with Crippen LogP contribution in [0.25, 0.3) is 22.5 Å². The van der Waals surface area contributed by atoms with Crippen LogP contribution in [0.2, 0.25) is 0 Å². The Morgan fingerprint density at radius 3 is 2.08 bits per heavy atom. The molecule has 0 fully saturated rings. The van der Waals surface area contributed by atoms with E-state index in [2.05, 4.69) is 46.4 Å². The van der Waals surface area contributed by atoms with Gasteiger partial charge >= 0.3 is 6.03 Å². The molecule has 39 heavy (non-hydrogen) atoms. The average Bonchev–Trinajstić information content (AvgIpc) is 3.34. The highest BCUT2D eigenvalue weighted by Gasteiger charge is 2.20. The number of thioether (sulfide) groups is 1. The lowest BCUT2D eigenvalue weighted by molar-refractivity contribution is 0.252. The smallest absolute Gasteiger partial charge is 0.319 e. The van der Waals surface area contributed by atoms with Gasteiger partial charge in [-0.3, -0.25) is 0 Å². The molecule has 1 heterocycles. The van der Waals surface area contributed by atoms with Crippen LogP contribution >= 0.6 is 11.8 Å². The van der Waals surface area contributed by atoms with Gasteiger partial charge in [0, 0.05) is 35.7 Å². The second-order valence-electron chi connectivity index (χ2n) is 9.10. The molecule has 1 aromatic heterocycles. The first kappa shape index (κ1) is 28.1. The molecule has 8 heteroatoms. The molecule has 2 amide bonds. The fourth-order valence-electron chi connectivity index (χ4n) is 4.23. The summed E-state index contributed by atoms with van der Waals surface area (Å²) in [5.41, 5.74) is 6.12. The number of nitrogens with zero attached hydrogens (tertiary/aromatic N) is 2. The van der Waals surface area contributed by atoms with Gasteiger partial charge in [0.05, 0.1) is 25.6 Å². The second-order valence-corrected chi connectivity index (χ2v) is 10.2. The van der Waals surface area contributed by atoms with Crippen LogP contribution in [0.1, 0.15) is 25.3 Å². The Morgan fingerprint density at radius 1 is 0.872 bits per heavy atom. The minimum absolute atomic E-state index is 0.179. The topological polar surface area (TPSA) is 77.4 Å². The summed E-state index contributed by atoms with van der Waals surface area (Å²) in [4.78, 5) is 17.3. The Kier molecular flexibility index (Phi) is 9.91. The van der Waals surface area contributed by atoms with Crippen LogP contribution in [0.4, 0.5) is 10.5 Å². The summed E-state index contributed by atoms with van der Waals surface area (Å²) in [6.45, 7) is 5.59.